The van der Waals surface area contributed by atoms with E-state index < -0.39 is 0 Å². The van der Waals surface area contributed by atoms with Crippen molar-refractivity contribution >= 4 is 26.8 Å². The van der Waals surface area contributed by atoms with E-state index in [1.807, 2.05) is 0 Å². The predicted molar refractivity (Wildman–Crippen MR) is 104 cm³/mol. The van der Waals surface area contributed by atoms with Gasteiger partial charge in [0.2, 0.25) is 0 Å². The lowest BCUT2D eigenvalue weighted by atomic mass is 9.82. The van der Waals surface area contributed by atoms with Crippen LogP contribution < -0.4 is 0 Å². The number of benzene rings is 1. The van der Waals surface area contributed by atoms with Crippen LogP contribution in [-0.2, 0) is 11.2 Å². The lowest BCUT2D eigenvalue weighted by molar-refractivity contribution is 0.00494. The molecule has 2 heterocycles. The van der Waals surface area contributed by atoms with Crippen molar-refractivity contribution in [2.45, 2.75) is 45.1 Å². The molecular weight excluding hydrogens is 378 g/mol. The molecule has 1 aromatic carbocycles. The van der Waals surface area contributed by atoms with Crippen LogP contribution in [0.2, 0.25) is 0 Å². The Bertz CT molecular complexity index is 737. The second-order valence-corrected chi connectivity index (χ2v) is 8.27. The van der Waals surface area contributed by atoms with E-state index in [9.17, 15) is 0 Å². The van der Waals surface area contributed by atoms with Crippen LogP contribution in [-0.4, -0.2) is 47.2 Å². The summed E-state index contributed by atoms with van der Waals surface area (Å²) in [5, 5.41) is 1.24. The second kappa shape index (κ2) is 7.68. The van der Waals surface area contributed by atoms with Crippen molar-refractivity contribution in [1.82, 2.24) is 14.9 Å². The van der Waals surface area contributed by atoms with Crippen molar-refractivity contribution in [3.8, 4) is 0 Å². The third kappa shape index (κ3) is 3.74. The highest BCUT2D eigenvalue weighted by atomic mass is 79.9. The molecule has 0 N–H and O–H groups in total. The number of ether oxygens (including phenoxy) is 1. The maximum atomic E-state index is 5.49. The van der Waals surface area contributed by atoms with E-state index in [-0.39, 0.29) is 0 Å². The van der Waals surface area contributed by atoms with Gasteiger partial charge in [0.15, 0.2) is 0 Å². The molecule has 0 bridgehead atoms. The number of hydrogen-bond acceptors (Lipinski definition) is 4. The molecule has 0 atom stereocenters. The van der Waals surface area contributed by atoms with Crippen LogP contribution in [0.3, 0.4) is 0 Å². The Morgan fingerprint density at radius 2 is 1.88 bits per heavy atom. The minimum Gasteiger partial charge on any atom is -0.379 e. The number of hydrogen-bond donors (Lipinski definition) is 0. The third-order valence-corrected chi connectivity index (χ3v) is 6.80. The molecular formula is C20H26BrN3O. The zero-order chi connectivity index (χ0) is 17.2. The first-order chi connectivity index (χ1) is 12.2. The summed E-state index contributed by atoms with van der Waals surface area (Å²) in [5.41, 5.74) is 3.54. The quantitative estimate of drug-likeness (QED) is 0.771. The molecule has 1 saturated carbocycles. The van der Waals surface area contributed by atoms with Gasteiger partial charge < -0.3 is 4.74 Å². The molecule has 4 nitrogen and oxygen atoms in total. The van der Waals surface area contributed by atoms with Crippen LogP contribution in [0.5, 0.6) is 0 Å². The molecule has 5 heteroatoms. The molecule has 2 aliphatic rings. The Labute approximate surface area is 158 Å². The molecule has 1 aliphatic heterocycles. The SMILES string of the molecule is Cc1c(Br)ccc2ncnc(CC3CCC(N4CCOCC4)CC3)c12. The zero-order valence-electron chi connectivity index (χ0n) is 14.9. The number of aryl methyl sites for hydroxylation is 1. The molecule has 4 rings (SSSR count). The van der Waals surface area contributed by atoms with Gasteiger partial charge in [0.25, 0.3) is 0 Å². The van der Waals surface area contributed by atoms with Crippen LogP contribution in [0.25, 0.3) is 10.9 Å². The highest BCUT2D eigenvalue weighted by Crippen LogP contribution is 2.33. The van der Waals surface area contributed by atoms with Gasteiger partial charge in [0.1, 0.15) is 6.33 Å². The monoisotopic (exact) mass is 403 g/mol. The van der Waals surface area contributed by atoms with Crippen LogP contribution >= 0.6 is 15.9 Å². The van der Waals surface area contributed by atoms with Gasteiger partial charge in [-0.25, -0.2) is 9.97 Å². The van der Waals surface area contributed by atoms with Gasteiger partial charge in [-0.15, -0.1) is 0 Å². The molecule has 134 valence electrons. The number of nitrogens with zero attached hydrogens (tertiary/aromatic N) is 3. The van der Waals surface area contributed by atoms with Crippen LogP contribution in [0.4, 0.5) is 0 Å². The van der Waals surface area contributed by atoms with Crippen molar-refractivity contribution in [1.29, 1.82) is 0 Å². The molecule has 0 radical (unpaired) electrons. The first kappa shape index (κ1) is 17.4. The predicted octanol–water partition coefficient (Wildman–Crippen LogP) is 4.13. The van der Waals surface area contributed by atoms with Crippen molar-refractivity contribution in [3.05, 3.63) is 34.2 Å². The summed E-state index contributed by atoms with van der Waals surface area (Å²) in [6.07, 6.45) is 8.05. The van der Waals surface area contributed by atoms with Gasteiger partial charge in [0, 0.05) is 29.0 Å². The van der Waals surface area contributed by atoms with Gasteiger partial charge in [-0.05, 0) is 62.6 Å². The van der Waals surface area contributed by atoms with Crippen molar-refractivity contribution in [2.24, 2.45) is 5.92 Å². The fourth-order valence-corrected chi connectivity index (χ4v) is 4.78. The lowest BCUT2D eigenvalue weighted by Crippen LogP contribution is -2.45. The Balaban J connectivity index is 1.45. The molecule has 1 aromatic heterocycles. The minimum atomic E-state index is 0.744. The normalized spacial score (nSPS) is 25.4. The van der Waals surface area contributed by atoms with Gasteiger partial charge >= 0.3 is 0 Å². The standard InChI is InChI=1S/C20H26BrN3O/c1-14-17(21)6-7-18-20(14)19(23-13-22-18)12-15-2-4-16(5-3-15)24-8-10-25-11-9-24/h6-7,13,15-16H,2-5,8-12H2,1H3. The van der Waals surface area contributed by atoms with E-state index in [0.717, 1.165) is 54.7 Å². The van der Waals surface area contributed by atoms with Gasteiger partial charge in [-0.3, -0.25) is 4.90 Å². The maximum Gasteiger partial charge on any atom is 0.116 e. The van der Waals surface area contributed by atoms with Gasteiger partial charge in [0.05, 0.1) is 24.4 Å². The third-order valence-electron chi connectivity index (χ3n) is 5.94. The number of rotatable bonds is 3. The zero-order valence-corrected chi connectivity index (χ0v) is 16.5. The summed E-state index contributed by atoms with van der Waals surface area (Å²) in [5.74, 6) is 0.744. The first-order valence-corrected chi connectivity index (χ1v) is 10.2. The largest absolute Gasteiger partial charge is 0.379 e. The van der Waals surface area contributed by atoms with Crippen LogP contribution in [0.1, 0.15) is 36.9 Å². The Morgan fingerprint density at radius 3 is 2.64 bits per heavy atom. The number of fused-ring (bicyclic) bond motifs is 1. The van der Waals surface area contributed by atoms with Crippen molar-refractivity contribution in [3.63, 3.8) is 0 Å². The van der Waals surface area contributed by atoms with E-state index in [4.69, 9.17) is 4.74 Å². The molecule has 0 spiro atoms. The van der Waals surface area contributed by atoms with E-state index in [2.05, 4.69) is 49.9 Å². The summed E-state index contributed by atoms with van der Waals surface area (Å²) in [4.78, 5) is 11.8. The number of morpholine rings is 1. The molecule has 25 heavy (non-hydrogen) atoms. The topological polar surface area (TPSA) is 38.2 Å². The number of halogens is 1. The summed E-state index contributed by atoms with van der Waals surface area (Å²) < 4.78 is 6.64. The Hall–Kier alpha value is -1.04. The molecule has 1 saturated heterocycles. The Kier molecular flexibility index (Phi) is 5.34. The summed E-state index contributed by atoms with van der Waals surface area (Å²) in [7, 11) is 0. The molecule has 0 amide bonds. The fourth-order valence-electron chi connectivity index (χ4n) is 4.45. The van der Waals surface area contributed by atoms with E-state index in [1.54, 1.807) is 6.33 Å². The summed E-state index contributed by atoms with van der Waals surface area (Å²) in [6.45, 7) is 6.19. The van der Waals surface area contributed by atoms with E-state index in [0.29, 0.717) is 0 Å². The fraction of sp³-hybridized carbons (Fsp3) is 0.600. The van der Waals surface area contributed by atoms with E-state index >= 15 is 0 Å². The molecule has 0 unspecified atom stereocenters. The molecule has 1 aliphatic carbocycles. The van der Waals surface area contributed by atoms with Gasteiger partial charge in [-0.2, -0.15) is 0 Å². The highest BCUT2D eigenvalue weighted by Gasteiger charge is 2.27. The lowest BCUT2D eigenvalue weighted by Gasteiger charge is -2.38. The van der Waals surface area contributed by atoms with Crippen LogP contribution in [0, 0.1) is 12.8 Å². The number of aromatic nitrogens is 2. The maximum absolute atomic E-state index is 5.49. The molecule has 2 fully saturated rings. The van der Waals surface area contributed by atoms with Crippen molar-refractivity contribution in [2.75, 3.05) is 26.3 Å². The second-order valence-electron chi connectivity index (χ2n) is 7.41. The Morgan fingerprint density at radius 1 is 1.12 bits per heavy atom. The average molecular weight is 404 g/mol. The first-order valence-electron chi connectivity index (χ1n) is 9.43. The van der Waals surface area contributed by atoms with E-state index in [1.165, 1.54) is 42.3 Å². The summed E-state index contributed by atoms with van der Waals surface area (Å²) >= 11 is 3.66. The minimum absolute atomic E-state index is 0.744. The smallest absolute Gasteiger partial charge is 0.116 e. The summed E-state index contributed by atoms with van der Waals surface area (Å²) in [6, 6.07) is 4.94. The molecule has 2 aromatic rings. The average Bonchev–Trinajstić information content (AvgIpc) is 2.66. The highest BCUT2D eigenvalue weighted by molar-refractivity contribution is 9.10. The van der Waals surface area contributed by atoms with Crippen LogP contribution in [0.15, 0.2) is 22.9 Å². The van der Waals surface area contributed by atoms with Gasteiger partial charge in [-0.1, -0.05) is 15.9 Å². The van der Waals surface area contributed by atoms with Crippen molar-refractivity contribution < 1.29 is 4.74 Å².